The molecule has 0 bridgehead atoms. The molecule has 0 saturated carbocycles. The molecular formula is C11H10N2O3S. The molecule has 88 valence electrons. The first-order valence-electron chi connectivity index (χ1n) is 4.66. The molecule has 5 nitrogen and oxygen atoms in total. The van der Waals surface area contributed by atoms with Crippen molar-refractivity contribution >= 4 is 23.6 Å². The summed E-state index contributed by atoms with van der Waals surface area (Å²) in [5.41, 5.74) is 0.0854. The topological polar surface area (TPSA) is 79.3 Å². The van der Waals surface area contributed by atoms with Gasteiger partial charge in [-0.3, -0.25) is 4.79 Å². The van der Waals surface area contributed by atoms with Gasteiger partial charge in [0.15, 0.2) is 0 Å². The second kappa shape index (κ2) is 6.55. The van der Waals surface area contributed by atoms with Gasteiger partial charge >= 0.3 is 5.97 Å². The maximum atomic E-state index is 11.3. The van der Waals surface area contributed by atoms with Crippen LogP contribution in [0.2, 0.25) is 0 Å². The predicted octanol–water partition coefficient (Wildman–Crippen LogP) is 0.621. The van der Waals surface area contributed by atoms with Crippen molar-refractivity contribution in [3.63, 3.8) is 0 Å². The molecule has 0 aliphatic carbocycles. The van der Waals surface area contributed by atoms with Crippen molar-refractivity contribution in [2.24, 2.45) is 0 Å². The number of hydrogen-bond donors (Lipinski definition) is 2. The summed E-state index contributed by atoms with van der Waals surface area (Å²) < 4.78 is 0. The highest BCUT2D eigenvalue weighted by Gasteiger charge is 2.12. The summed E-state index contributed by atoms with van der Waals surface area (Å²) in [6.45, 7) is 0.160. The minimum absolute atomic E-state index is 0.0823. The van der Waals surface area contributed by atoms with Gasteiger partial charge in [-0.05, 0) is 12.1 Å². The smallest absolute Gasteiger partial charge is 0.338 e. The van der Waals surface area contributed by atoms with E-state index in [2.05, 4.69) is 16.2 Å². The van der Waals surface area contributed by atoms with Crippen molar-refractivity contribution in [2.45, 2.75) is 5.03 Å². The van der Waals surface area contributed by atoms with Crippen LogP contribution >= 0.6 is 11.8 Å². The van der Waals surface area contributed by atoms with Gasteiger partial charge in [-0.15, -0.1) is 6.42 Å². The maximum Gasteiger partial charge on any atom is 0.338 e. The van der Waals surface area contributed by atoms with Gasteiger partial charge in [0.25, 0.3) is 0 Å². The number of nitrogens with zero attached hydrogens (tertiary/aromatic N) is 1. The molecule has 0 atom stereocenters. The van der Waals surface area contributed by atoms with E-state index in [0.29, 0.717) is 5.03 Å². The molecule has 17 heavy (non-hydrogen) atoms. The molecule has 0 spiro atoms. The minimum Gasteiger partial charge on any atom is -0.478 e. The highest BCUT2D eigenvalue weighted by molar-refractivity contribution is 8.00. The lowest BCUT2D eigenvalue weighted by atomic mass is 10.3. The van der Waals surface area contributed by atoms with E-state index in [1.165, 1.54) is 18.3 Å². The van der Waals surface area contributed by atoms with Gasteiger partial charge in [0.1, 0.15) is 5.03 Å². The molecule has 1 aromatic heterocycles. The largest absolute Gasteiger partial charge is 0.478 e. The van der Waals surface area contributed by atoms with Crippen LogP contribution in [0.4, 0.5) is 0 Å². The molecule has 1 rings (SSSR count). The van der Waals surface area contributed by atoms with Gasteiger partial charge in [-0.1, -0.05) is 17.7 Å². The van der Waals surface area contributed by atoms with Crippen LogP contribution in [0.25, 0.3) is 0 Å². The summed E-state index contributed by atoms with van der Waals surface area (Å²) in [7, 11) is 0. The second-order valence-corrected chi connectivity index (χ2v) is 3.89. The molecule has 1 amide bonds. The zero-order valence-electron chi connectivity index (χ0n) is 8.84. The Bertz CT molecular complexity index is 468. The lowest BCUT2D eigenvalue weighted by molar-refractivity contribution is -0.118. The molecular weight excluding hydrogens is 240 g/mol. The van der Waals surface area contributed by atoms with Crippen LogP contribution in [0, 0.1) is 12.3 Å². The van der Waals surface area contributed by atoms with Crippen molar-refractivity contribution in [3.8, 4) is 12.3 Å². The Labute approximate surface area is 103 Å². The van der Waals surface area contributed by atoms with E-state index in [-0.39, 0.29) is 23.8 Å². The van der Waals surface area contributed by atoms with Gasteiger partial charge in [0, 0.05) is 6.20 Å². The highest BCUT2D eigenvalue weighted by atomic mass is 32.2. The third kappa shape index (κ3) is 4.17. The fraction of sp³-hybridized carbons (Fsp3) is 0.182. The third-order valence-corrected chi connectivity index (χ3v) is 2.73. The fourth-order valence-corrected chi connectivity index (χ4v) is 1.82. The Kier molecular flexibility index (Phi) is 5.04. The standard InChI is InChI=1S/C11H10N2O3S/c1-2-5-12-9(14)7-17-10-8(11(15)16)4-3-6-13-10/h1,3-4,6H,5,7H2,(H,12,14)(H,15,16). The number of carboxylic acids is 1. The van der Waals surface area contributed by atoms with E-state index in [1.807, 2.05) is 0 Å². The third-order valence-electron chi connectivity index (χ3n) is 1.73. The van der Waals surface area contributed by atoms with Gasteiger partial charge in [-0.25, -0.2) is 9.78 Å². The van der Waals surface area contributed by atoms with E-state index in [0.717, 1.165) is 11.8 Å². The maximum absolute atomic E-state index is 11.3. The Balaban J connectivity index is 2.61. The first kappa shape index (κ1) is 13.1. The van der Waals surface area contributed by atoms with Crippen LogP contribution in [0.1, 0.15) is 10.4 Å². The van der Waals surface area contributed by atoms with Crippen molar-refractivity contribution < 1.29 is 14.7 Å². The number of carboxylic acid groups (broad SMARTS) is 1. The van der Waals surface area contributed by atoms with E-state index in [9.17, 15) is 9.59 Å². The molecule has 6 heteroatoms. The average molecular weight is 250 g/mol. The van der Waals surface area contributed by atoms with Gasteiger partial charge in [0.2, 0.25) is 5.91 Å². The SMILES string of the molecule is C#CCNC(=O)CSc1ncccc1C(=O)O. The van der Waals surface area contributed by atoms with Crippen molar-refractivity contribution in [2.75, 3.05) is 12.3 Å². The molecule has 0 aliphatic heterocycles. The first-order valence-corrected chi connectivity index (χ1v) is 5.65. The molecule has 0 fully saturated rings. The summed E-state index contributed by atoms with van der Waals surface area (Å²) in [6, 6.07) is 2.98. The average Bonchev–Trinajstić information content (AvgIpc) is 2.34. The van der Waals surface area contributed by atoms with Crippen LogP contribution < -0.4 is 5.32 Å². The number of thioether (sulfide) groups is 1. The second-order valence-electron chi connectivity index (χ2n) is 2.93. The highest BCUT2D eigenvalue weighted by Crippen LogP contribution is 2.19. The van der Waals surface area contributed by atoms with Crippen LogP contribution in [0.5, 0.6) is 0 Å². The number of rotatable bonds is 5. The lowest BCUT2D eigenvalue weighted by Gasteiger charge is -2.04. The predicted molar refractivity (Wildman–Crippen MR) is 63.8 cm³/mol. The molecule has 0 saturated heterocycles. The van der Waals surface area contributed by atoms with Crippen molar-refractivity contribution in [1.29, 1.82) is 0 Å². The van der Waals surface area contributed by atoms with E-state index in [1.54, 1.807) is 0 Å². The van der Waals surface area contributed by atoms with Crippen LogP contribution in [0.15, 0.2) is 23.4 Å². The zero-order valence-corrected chi connectivity index (χ0v) is 9.66. The normalized spacial score (nSPS) is 9.35. The molecule has 1 aromatic rings. The van der Waals surface area contributed by atoms with Crippen LogP contribution in [0.3, 0.4) is 0 Å². The Hall–Kier alpha value is -2.00. The number of aromatic carboxylic acids is 1. The van der Waals surface area contributed by atoms with Crippen LogP contribution in [-0.2, 0) is 4.79 Å². The van der Waals surface area contributed by atoms with E-state index >= 15 is 0 Å². The Morgan fingerprint density at radius 2 is 2.35 bits per heavy atom. The number of carbonyl (C=O) groups is 2. The van der Waals surface area contributed by atoms with E-state index in [4.69, 9.17) is 11.5 Å². The lowest BCUT2D eigenvalue weighted by Crippen LogP contribution is -2.25. The van der Waals surface area contributed by atoms with Crippen LogP contribution in [-0.4, -0.2) is 34.3 Å². The van der Waals surface area contributed by atoms with E-state index < -0.39 is 5.97 Å². The number of aromatic nitrogens is 1. The molecule has 0 aliphatic rings. The van der Waals surface area contributed by atoms with Gasteiger partial charge in [-0.2, -0.15) is 0 Å². The monoisotopic (exact) mass is 250 g/mol. The Morgan fingerprint density at radius 1 is 1.59 bits per heavy atom. The number of carbonyl (C=O) groups excluding carboxylic acids is 1. The fourth-order valence-electron chi connectivity index (χ4n) is 1.00. The summed E-state index contributed by atoms with van der Waals surface area (Å²) in [6.07, 6.45) is 6.47. The minimum atomic E-state index is -1.07. The molecule has 0 aromatic carbocycles. The zero-order chi connectivity index (χ0) is 12.7. The quantitative estimate of drug-likeness (QED) is 0.591. The number of pyridine rings is 1. The molecule has 1 heterocycles. The van der Waals surface area contributed by atoms with Gasteiger partial charge in [0.05, 0.1) is 17.9 Å². The number of nitrogens with one attached hydrogen (secondary N) is 1. The summed E-state index contributed by atoms with van der Waals surface area (Å²) in [4.78, 5) is 26.0. The Morgan fingerprint density at radius 3 is 3.00 bits per heavy atom. The molecule has 0 unspecified atom stereocenters. The summed E-state index contributed by atoms with van der Waals surface area (Å²) in [5.74, 6) is 1.04. The summed E-state index contributed by atoms with van der Waals surface area (Å²) >= 11 is 1.06. The first-order chi connectivity index (χ1) is 8.15. The summed E-state index contributed by atoms with van der Waals surface area (Å²) in [5, 5.41) is 11.7. The molecule has 0 radical (unpaired) electrons. The van der Waals surface area contributed by atoms with Crippen molar-refractivity contribution in [3.05, 3.63) is 23.9 Å². The number of terminal acetylenes is 1. The van der Waals surface area contributed by atoms with Crippen molar-refractivity contribution in [1.82, 2.24) is 10.3 Å². The number of amides is 1. The molecule has 2 N–H and O–H groups in total. The van der Waals surface area contributed by atoms with Gasteiger partial charge < -0.3 is 10.4 Å². The number of hydrogen-bond acceptors (Lipinski definition) is 4.